The number of carbonyl (C=O) groups excluding carboxylic acids is 1. The van der Waals surface area contributed by atoms with E-state index >= 15 is 0 Å². The number of rotatable bonds is 0. The number of fused-ring (bicyclic) bond motifs is 2. The number of nitrogens with zero attached hydrogens (tertiary/aromatic N) is 4. The van der Waals surface area contributed by atoms with Gasteiger partial charge in [-0.25, -0.2) is 12.0 Å². The third kappa shape index (κ3) is 2.59. The molecular formula is C16H16ClFIN5O2. The van der Waals surface area contributed by atoms with E-state index in [1.54, 1.807) is 22.9 Å². The average molecular weight is 492 g/mol. The summed E-state index contributed by atoms with van der Waals surface area (Å²) in [5.74, 6) is -0.484. The van der Waals surface area contributed by atoms with Crippen LogP contribution in [0.25, 0.3) is 10.9 Å². The molecule has 0 spiro atoms. The van der Waals surface area contributed by atoms with Gasteiger partial charge in [-0.1, -0.05) is 11.6 Å². The minimum absolute atomic E-state index is 0.0391. The fraction of sp³-hybridized carbons (Fsp3) is 0.438. The second-order valence-corrected chi connectivity index (χ2v) is 8.05. The van der Waals surface area contributed by atoms with E-state index in [4.69, 9.17) is 11.6 Å². The van der Waals surface area contributed by atoms with Gasteiger partial charge in [0.2, 0.25) is 5.91 Å². The van der Waals surface area contributed by atoms with Crippen LogP contribution in [0, 0.1) is 12.7 Å². The van der Waals surface area contributed by atoms with E-state index in [1.807, 2.05) is 11.9 Å². The zero-order valence-corrected chi connectivity index (χ0v) is 17.1. The first-order valence-electron chi connectivity index (χ1n) is 8.15. The summed E-state index contributed by atoms with van der Waals surface area (Å²) in [5.41, 5.74) is 0.122. The van der Waals surface area contributed by atoms with Crippen LogP contribution in [0.2, 0.25) is 5.02 Å². The molecule has 7 nitrogen and oxygen atoms in total. The molecule has 0 radical (unpaired) electrons. The lowest BCUT2D eigenvalue weighted by molar-refractivity contribution is -0.116. The Balaban J connectivity index is 2.14. The Morgan fingerprint density at radius 2 is 2.08 bits per heavy atom. The van der Waals surface area contributed by atoms with E-state index in [2.05, 4.69) is 15.2 Å². The fourth-order valence-electron chi connectivity index (χ4n) is 3.68. The third-order valence-corrected chi connectivity index (χ3v) is 6.36. The average Bonchev–Trinajstić information content (AvgIpc) is 2.58. The summed E-state index contributed by atoms with van der Waals surface area (Å²) in [4.78, 5) is 33.2. The molecule has 2 aliphatic heterocycles. The molecule has 1 fully saturated rings. The molecule has 26 heavy (non-hydrogen) atoms. The van der Waals surface area contributed by atoms with Crippen molar-refractivity contribution in [1.82, 2.24) is 12.7 Å². The van der Waals surface area contributed by atoms with Crippen molar-refractivity contribution >= 4 is 62.8 Å². The Labute approximate surface area is 167 Å². The number of piperazine rings is 1. The zero-order valence-electron chi connectivity index (χ0n) is 14.1. The molecule has 1 aromatic carbocycles. The highest BCUT2D eigenvalue weighted by atomic mass is 127. The van der Waals surface area contributed by atoms with Gasteiger partial charge in [0, 0.05) is 31.6 Å². The number of amides is 1. The third-order valence-electron chi connectivity index (χ3n) is 5.01. The Morgan fingerprint density at radius 3 is 2.81 bits per heavy atom. The quantitative estimate of drug-likeness (QED) is 0.572. The molecule has 3 heterocycles. The molecule has 4 rings (SSSR count). The van der Waals surface area contributed by atoms with Gasteiger partial charge < -0.3 is 15.1 Å². The largest absolute Gasteiger partial charge is 0.359 e. The molecule has 0 saturated carbocycles. The predicted molar refractivity (Wildman–Crippen MR) is 107 cm³/mol. The molecule has 2 aliphatic rings. The lowest BCUT2D eigenvalue weighted by atomic mass is 10.0. The van der Waals surface area contributed by atoms with Gasteiger partial charge in [0.05, 0.1) is 50.5 Å². The lowest BCUT2D eigenvalue weighted by Gasteiger charge is -2.42. The summed E-state index contributed by atoms with van der Waals surface area (Å²) in [6, 6.07) is -0.148. The summed E-state index contributed by atoms with van der Waals surface area (Å²) in [6.45, 7) is 3.53. The standard InChI is InChI=1S/C16H16ClFIN5O2/c1-7-11(17)14-10-13(12(7)18)20-9(25)5-8-6-22(2)3-4-23(8)15(10)21-16(26)24(14)19/h8H,3-6H2,1-2H3,(H,20,25). The molecule has 10 heteroatoms. The van der Waals surface area contributed by atoms with Gasteiger partial charge in [0.25, 0.3) is 0 Å². The SMILES string of the molecule is Cc1c(F)c2c3c(nc(=O)n(I)c3c1Cl)N1CCN(C)CC1CC(=O)N2. The van der Waals surface area contributed by atoms with Gasteiger partial charge in [0.1, 0.15) is 5.82 Å². The van der Waals surface area contributed by atoms with Crippen molar-refractivity contribution in [2.75, 3.05) is 36.9 Å². The molecule has 1 aromatic heterocycles. The van der Waals surface area contributed by atoms with Crippen molar-refractivity contribution in [2.45, 2.75) is 19.4 Å². The zero-order chi connectivity index (χ0) is 18.7. The van der Waals surface area contributed by atoms with Crippen LogP contribution in [0.5, 0.6) is 0 Å². The number of aromatic nitrogens is 2. The Kier molecular flexibility index (Phi) is 4.35. The van der Waals surface area contributed by atoms with Crippen LogP contribution < -0.4 is 15.9 Å². The molecular weight excluding hydrogens is 476 g/mol. The van der Waals surface area contributed by atoms with Gasteiger partial charge in [-0.2, -0.15) is 4.98 Å². The summed E-state index contributed by atoms with van der Waals surface area (Å²) in [7, 11) is 1.98. The van der Waals surface area contributed by atoms with Crippen LogP contribution in [-0.4, -0.2) is 51.3 Å². The molecule has 1 atom stereocenters. The minimum Gasteiger partial charge on any atom is -0.350 e. The highest BCUT2D eigenvalue weighted by Gasteiger charge is 2.35. The van der Waals surface area contributed by atoms with Gasteiger partial charge in [-0.3, -0.25) is 4.79 Å². The Bertz CT molecular complexity index is 1010. The molecule has 1 saturated heterocycles. The number of hydrogen-bond donors (Lipinski definition) is 1. The molecule has 0 aliphatic carbocycles. The maximum Gasteiger partial charge on any atom is 0.359 e. The predicted octanol–water partition coefficient (Wildman–Crippen LogP) is 2.16. The number of carbonyl (C=O) groups is 1. The molecule has 1 N–H and O–H groups in total. The van der Waals surface area contributed by atoms with Crippen LogP contribution in [0.3, 0.4) is 0 Å². The number of benzene rings is 1. The normalized spacial score (nSPS) is 20.6. The van der Waals surface area contributed by atoms with Crippen molar-refractivity contribution < 1.29 is 9.18 Å². The van der Waals surface area contributed by atoms with Crippen LogP contribution in [-0.2, 0) is 4.79 Å². The highest BCUT2D eigenvalue weighted by molar-refractivity contribution is 14.1. The number of likely N-dealkylation sites (N-methyl/N-ethyl adjacent to an activating group) is 1. The van der Waals surface area contributed by atoms with Crippen molar-refractivity contribution in [1.29, 1.82) is 0 Å². The molecule has 1 amide bonds. The molecule has 0 bridgehead atoms. The van der Waals surface area contributed by atoms with Crippen LogP contribution in [0.1, 0.15) is 12.0 Å². The first kappa shape index (κ1) is 17.9. The second kappa shape index (κ2) is 6.31. The molecule has 2 aromatic rings. The maximum atomic E-state index is 15.0. The second-order valence-electron chi connectivity index (χ2n) is 6.71. The monoisotopic (exact) mass is 491 g/mol. The van der Waals surface area contributed by atoms with Gasteiger partial charge in [-0.15, -0.1) is 0 Å². The Hall–Kier alpha value is -1.46. The number of hydrogen-bond acceptors (Lipinski definition) is 5. The Morgan fingerprint density at radius 1 is 1.35 bits per heavy atom. The summed E-state index contributed by atoms with van der Waals surface area (Å²) in [5, 5.41) is 3.20. The topological polar surface area (TPSA) is 70.5 Å². The number of anilines is 2. The van der Waals surface area contributed by atoms with E-state index in [1.165, 1.54) is 9.70 Å². The van der Waals surface area contributed by atoms with Crippen LogP contribution in [0.15, 0.2) is 4.79 Å². The van der Waals surface area contributed by atoms with E-state index in [-0.39, 0.29) is 34.6 Å². The van der Waals surface area contributed by atoms with Crippen LogP contribution in [0.4, 0.5) is 15.9 Å². The van der Waals surface area contributed by atoms with Crippen molar-refractivity contribution in [3.63, 3.8) is 0 Å². The van der Waals surface area contributed by atoms with E-state index in [9.17, 15) is 14.0 Å². The summed E-state index contributed by atoms with van der Waals surface area (Å²) in [6.07, 6.45) is 0.196. The molecule has 138 valence electrons. The highest BCUT2D eigenvalue weighted by Crippen LogP contribution is 2.42. The van der Waals surface area contributed by atoms with Crippen molar-refractivity contribution in [3.8, 4) is 0 Å². The first-order valence-corrected chi connectivity index (χ1v) is 9.49. The number of halogens is 3. The summed E-state index contributed by atoms with van der Waals surface area (Å²) < 4.78 is 16.2. The van der Waals surface area contributed by atoms with Gasteiger partial charge in [-0.05, 0) is 14.0 Å². The smallest absolute Gasteiger partial charge is 0.350 e. The van der Waals surface area contributed by atoms with E-state index < -0.39 is 11.5 Å². The van der Waals surface area contributed by atoms with Crippen molar-refractivity contribution in [2.24, 2.45) is 0 Å². The maximum absolute atomic E-state index is 15.0. The minimum atomic E-state index is -0.596. The van der Waals surface area contributed by atoms with Gasteiger partial charge >= 0.3 is 5.69 Å². The lowest BCUT2D eigenvalue weighted by Crippen LogP contribution is -2.54. The summed E-state index contributed by atoms with van der Waals surface area (Å²) >= 11 is 8.19. The van der Waals surface area contributed by atoms with Gasteiger partial charge in [0.15, 0.2) is 5.82 Å². The first-order chi connectivity index (χ1) is 12.3. The van der Waals surface area contributed by atoms with Crippen molar-refractivity contribution in [3.05, 3.63) is 26.9 Å². The fourth-order valence-corrected chi connectivity index (χ4v) is 4.68. The molecule has 1 unspecified atom stereocenters. The van der Waals surface area contributed by atoms with Crippen LogP contribution >= 0.6 is 34.5 Å². The van der Waals surface area contributed by atoms with E-state index in [0.29, 0.717) is 29.8 Å². The number of nitrogens with one attached hydrogen (secondary N) is 1. The van der Waals surface area contributed by atoms with E-state index in [0.717, 1.165) is 6.54 Å².